The molecule has 1 aromatic heterocycles. The molecule has 32 heavy (non-hydrogen) atoms. The van der Waals surface area contributed by atoms with Crippen LogP contribution < -0.4 is 0 Å². The van der Waals surface area contributed by atoms with Crippen molar-refractivity contribution >= 4 is 69.5 Å². The van der Waals surface area contributed by atoms with Crippen molar-refractivity contribution in [1.82, 2.24) is 4.90 Å². The van der Waals surface area contributed by atoms with Crippen LogP contribution in [0.25, 0.3) is 17.4 Å². The molecule has 1 fully saturated rings. The number of rotatable bonds is 5. The highest BCUT2D eigenvalue weighted by Crippen LogP contribution is 2.37. The van der Waals surface area contributed by atoms with E-state index in [0.717, 1.165) is 16.7 Å². The van der Waals surface area contributed by atoms with E-state index in [9.17, 15) is 19.7 Å². The molecule has 7 nitrogen and oxygen atoms in total. The topological polar surface area (TPSA) is 93.7 Å². The van der Waals surface area contributed by atoms with Crippen LogP contribution in [-0.2, 0) is 11.3 Å². The van der Waals surface area contributed by atoms with Crippen LogP contribution in [0.5, 0.6) is 0 Å². The summed E-state index contributed by atoms with van der Waals surface area (Å²) in [7, 11) is 0. The average molecular weight is 510 g/mol. The first-order valence-corrected chi connectivity index (χ1v) is 10.9. The summed E-state index contributed by atoms with van der Waals surface area (Å²) in [4.78, 5) is 36.9. The van der Waals surface area contributed by atoms with Crippen molar-refractivity contribution in [3.8, 4) is 11.3 Å². The number of nitro groups is 1. The van der Waals surface area contributed by atoms with Gasteiger partial charge < -0.3 is 4.42 Å². The molecule has 0 atom stereocenters. The summed E-state index contributed by atoms with van der Waals surface area (Å²) in [5.41, 5.74) is 0.674. The molecule has 1 aliphatic rings. The van der Waals surface area contributed by atoms with E-state index in [-0.39, 0.29) is 22.2 Å². The van der Waals surface area contributed by atoms with Crippen molar-refractivity contribution < 1.29 is 18.9 Å². The predicted octanol–water partition coefficient (Wildman–Crippen LogP) is 7.05. The third kappa shape index (κ3) is 4.40. The van der Waals surface area contributed by atoms with Gasteiger partial charge in [-0.3, -0.25) is 24.6 Å². The van der Waals surface area contributed by atoms with Gasteiger partial charge in [-0.1, -0.05) is 40.9 Å². The van der Waals surface area contributed by atoms with E-state index in [1.54, 1.807) is 36.4 Å². The molecule has 0 N–H and O–H groups in total. The number of benzene rings is 2. The van der Waals surface area contributed by atoms with Gasteiger partial charge in [0.05, 0.1) is 16.4 Å². The van der Waals surface area contributed by atoms with E-state index in [1.165, 1.54) is 18.2 Å². The highest BCUT2D eigenvalue weighted by molar-refractivity contribution is 8.18. The Hall–Kier alpha value is -2.78. The number of imide groups is 1. The molecule has 11 heteroatoms. The standard InChI is InChI=1S/C21H11Cl3N2O5S/c22-14-2-1-3-15(23)13(14)10-25-20(27)19(32-21(25)28)9-12-5-7-18(31-12)11-4-6-16(24)17(8-11)26(29)30/h1-9H,10H2/b19-9+. The lowest BCUT2D eigenvalue weighted by Gasteiger charge is -2.14. The molecular weight excluding hydrogens is 499 g/mol. The van der Waals surface area contributed by atoms with Gasteiger partial charge >= 0.3 is 0 Å². The number of hydrogen-bond acceptors (Lipinski definition) is 6. The van der Waals surface area contributed by atoms with Gasteiger partial charge in [0, 0.05) is 33.3 Å². The van der Waals surface area contributed by atoms with E-state index in [0.29, 0.717) is 32.7 Å². The number of thioether (sulfide) groups is 1. The summed E-state index contributed by atoms with van der Waals surface area (Å²) in [5, 5.41) is 11.4. The van der Waals surface area contributed by atoms with Crippen molar-refractivity contribution in [3.63, 3.8) is 0 Å². The maximum Gasteiger partial charge on any atom is 0.293 e. The lowest BCUT2D eigenvalue weighted by molar-refractivity contribution is -0.384. The SMILES string of the molecule is O=C1S/C(=C/c2ccc(-c3ccc(Cl)c([N+](=O)[O-])c3)o2)C(=O)N1Cc1c(Cl)cccc1Cl. The normalized spacial score (nSPS) is 15.1. The average Bonchev–Trinajstić information content (AvgIpc) is 3.30. The molecule has 2 amide bonds. The van der Waals surface area contributed by atoms with Crippen molar-refractivity contribution in [2.24, 2.45) is 0 Å². The first-order chi connectivity index (χ1) is 15.2. The molecule has 1 aliphatic heterocycles. The Morgan fingerprint density at radius 1 is 1.03 bits per heavy atom. The van der Waals surface area contributed by atoms with Crippen LogP contribution in [0.4, 0.5) is 10.5 Å². The van der Waals surface area contributed by atoms with Gasteiger partial charge in [0.1, 0.15) is 16.5 Å². The molecule has 0 bridgehead atoms. The van der Waals surface area contributed by atoms with Crippen LogP contribution in [0.1, 0.15) is 11.3 Å². The number of hydrogen-bond donors (Lipinski definition) is 0. The summed E-state index contributed by atoms with van der Waals surface area (Å²) >= 11 is 18.9. The molecule has 162 valence electrons. The molecule has 0 saturated carbocycles. The molecule has 1 saturated heterocycles. The highest BCUT2D eigenvalue weighted by Gasteiger charge is 2.36. The largest absolute Gasteiger partial charge is 0.457 e. The molecule has 2 aromatic carbocycles. The maximum absolute atomic E-state index is 12.8. The Kier molecular flexibility index (Phi) is 6.30. The van der Waals surface area contributed by atoms with Crippen molar-refractivity contribution in [2.75, 3.05) is 0 Å². The zero-order chi connectivity index (χ0) is 23.0. The molecular formula is C21H11Cl3N2O5S. The van der Waals surface area contributed by atoms with Gasteiger partial charge in [-0.05, 0) is 48.2 Å². The second kappa shape index (κ2) is 8.99. The van der Waals surface area contributed by atoms with Gasteiger partial charge in [0.2, 0.25) is 0 Å². The van der Waals surface area contributed by atoms with Crippen molar-refractivity contribution in [1.29, 1.82) is 0 Å². The monoisotopic (exact) mass is 508 g/mol. The number of amides is 2. The molecule has 0 radical (unpaired) electrons. The lowest BCUT2D eigenvalue weighted by Crippen LogP contribution is -2.27. The summed E-state index contributed by atoms with van der Waals surface area (Å²) < 4.78 is 5.70. The van der Waals surface area contributed by atoms with Gasteiger partial charge in [0.15, 0.2) is 0 Å². The van der Waals surface area contributed by atoms with E-state index in [2.05, 4.69) is 0 Å². The molecule has 0 unspecified atom stereocenters. The zero-order valence-corrected chi connectivity index (χ0v) is 19.0. The van der Waals surface area contributed by atoms with Gasteiger partial charge in [-0.2, -0.15) is 0 Å². The second-order valence-corrected chi connectivity index (χ2v) is 8.81. The van der Waals surface area contributed by atoms with Crippen molar-refractivity contribution in [2.45, 2.75) is 6.54 Å². The van der Waals surface area contributed by atoms with Crippen LogP contribution >= 0.6 is 46.6 Å². The van der Waals surface area contributed by atoms with E-state index in [1.807, 2.05) is 0 Å². The van der Waals surface area contributed by atoms with Gasteiger partial charge in [0.25, 0.3) is 16.8 Å². The Balaban J connectivity index is 1.57. The van der Waals surface area contributed by atoms with E-state index >= 15 is 0 Å². The summed E-state index contributed by atoms with van der Waals surface area (Å²) in [6.45, 7) is -0.0572. The van der Waals surface area contributed by atoms with Gasteiger partial charge in [-0.25, -0.2) is 0 Å². The zero-order valence-electron chi connectivity index (χ0n) is 15.9. The summed E-state index contributed by atoms with van der Waals surface area (Å²) in [6.07, 6.45) is 1.44. The second-order valence-electron chi connectivity index (χ2n) is 6.59. The quantitative estimate of drug-likeness (QED) is 0.208. The lowest BCUT2D eigenvalue weighted by atomic mass is 10.1. The first kappa shape index (κ1) is 22.4. The highest BCUT2D eigenvalue weighted by atomic mass is 35.5. The Morgan fingerprint density at radius 2 is 1.75 bits per heavy atom. The number of furan rings is 1. The van der Waals surface area contributed by atoms with Crippen LogP contribution in [0.2, 0.25) is 15.1 Å². The molecule has 0 spiro atoms. The number of nitro benzene ring substituents is 1. The van der Waals surface area contributed by atoms with Crippen LogP contribution in [0.15, 0.2) is 57.9 Å². The molecule has 0 aliphatic carbocycles. The van der Waals surface area contributed by atoms with E-state index in [4.69, 9.17) is 39.2 Å². The minimum atomic E-state index is -0.586. The van der Waals surface area contributed by atoms with Crippen LogP contribution in [0.3, 0.4) is 0 Å². The number of halogens is 3. The fraction of sp³-hybridized carbons (Fsp3) is 0.0476. The fourth-order valence-electron chi connectivity index (χ4n) is 3.00. The minimum Gasteiger partial charge on any atom is -0.457 e. The predicted molar refractivity (Wildman–Crippen MR) is 124 cm³/mol. The third-order valence-electron chi connectivity index (χ3n) is 4.58. The summed E-state index contributed by atoms with van der Waals surface area (Å²) in [6, 6.07) is 12.4. The summed E-state index contributed by atoms with van der Waals surface area (Å²) in [5.74, 6) is 0.146. The maximum atomic E-state index is 12.8. The Morgan fingerprint density at radius 3 is 2.44 bits per heavy atom. The number of nitrogens with zero attached hydrogens (tertiary/aromatic N) is 2. The fourth-order valence-corrected chi connectivity index (χ4v) is 4.52. The van der Waals surface area contributed by atoms with E-state index < -0.39 is 16.1 Å². The van der Waals surface area contributed by atoms with Crippen molar-refractivity contribution in [3.05, 3.63) is 89.9 Å². The number of carbonyl (C=O) groups is 2. The third-order valence-corrected chi connectivity index (χ3v) is 6.51. The van der Waals surface area contributed by atoms with Gasteiger partial charge in [-0.15, -0.1) is 0 Å². The van der Waals surface area contributed by atoms with Crippen LogP contribution in [0, 0.1) is 10.1 Å². The molecule has 2 heterocycles. The first-order valence-electron chi connectivity index (χ1n) is 8.97. The molecule has 4 rings (SSSR count). The number of carbonyl (C=O) groups excluding carboxylic acids is 2. The van der Waals surface area contributed by atoms with Crippen LogP contribution in [-0.4, -0.2) is 21.0 Å². The Labute approximate surface area is 200 Å². The Bertz CT molecular complexity index is 1280. The smallest absolute Gasteiger partial charge is 0.293 e. The molecule has 3 aromatic rings. The minimum absolute atomic E-state index is 0.0119.